The molecule has 3 N–H and O–H groups in total. The molecule has 0 aromatic carbocycles. The fourth-order valence-corrected chi connectivity index (χ4v) is 1.74. The van der Waals surface area contributed by atoms with Crippen LogP contribution in [0.1, 0.15) is 19.3 Å². The van der Waals surface area contributed by atoms with Crippen molar-refractivity contribution in [2.75, 3.05) is 18.9 Å². The first-order chi connectivity index (χ1) is 6.48. The molecule has 0 fully saturated rings. The number of carbonyl (C=O) groups is 1. The first kappa shape index (κ1) is 13.3. The second kappa shape index (κ2) is 6.74. The molecule has 0 spiro atoms. The first-order valence-electron chi connectivity index (χ1n) is 4.28. The van der Waals surface area contributed by atoms with E-state index in [9.17, 15) is 13.2 Å². The molecule has 14 heavy (non-hydrogen) atoms. The fourth-order valence-electron chi connectivity index (χ4n) is 0.855. The van der Waals surface area contributed by atoms with Gasteiger partial charge in [-0.25, -0.2) is 13.1 Å². The maximum absolute atomic E-state index is 10.9. The third-order valence-corrected chi connectivity index (χ3v) is 2.74. The first-order valence-corrected chi connectivity index (χ1v) is 5.93. The van der Waals surface area contributed by atoms with E-state index in [4.69, 9.17) is 10.2 Å². The van der Waals surface area contributed by atoms with Crippen LogP contribution in [0, 0.1) is 0 Å². The fraction of sp³-hybridized carbons (Fsp3) is 0.857. The predicted molar refractivity (Wildman–Crippen MR) is 50.4 cm³/mol. The summed E-state index contributed by atoms with van der Waals surface area (Å²) < 4.78 is 24.0. The molecule has 84 valence electrons. The van der Waals surface area contributed by atoms with E-state index < -0.39 is 21.7 Å². The average molecular weight is 225 g/mol. The second-order valence-corrected chi connectivity index (χ2v) is 4.64. The summed E-state index contributed by atoms with van der Waals surface area (Å²) in [6.07, 6.45) is 1.94. The third-order valence-electron chi connectivity index (χ3n) is 1.47. The lowest BCUT2D eigenvalue weighted by Gasteiger charge is -2.03. The third kappa shape index (κ3) is 7.96. The molecule has 0 amide bonds. The zero-order valence-electron chi connectivity index (χ0n) is 7.77. The van der Waals surface area contributed by atoms with Crippen molar-refractivity contribution in [2.45, 2.75) is 19.3 Å². The molecule has 0 unspecified atom stereocenters. The summed E-state index contributed by atoms with van der Waals surface area (Å²) in [5.41, 5.74) is 0. The molecular weight excluding hydrogens is 210 g/mol. The van der Waals surface area contributed by atoms with E-state index in [0.29, 0.717) is 19.3 Å². The van der Waals surface area contributed by atoms with Crippen molar-refractivity contribution in [3.8, 4) is 0 Å². The molecule has 0 radical (unpaired) electrons. The van der Waals surface area contributed by atoms with Crippen molar-refractivity contribution < 1.29 is 23.4 Å². The van der Waals surface area contributed by atoms with Crippen LogP contribution in [0.25, 0.3) is 0 Å². The Labute approximate surface area is 83.0 Å². The van der Waals surface area contributed by atoms with Crippen molar-refractivity contribution in [3.05, 3.63) is 0 Å². The minimum Gasteiger partial charge on any atom is -0.480 e. The van der Waals surface area contributed by atoms with Gasteiger partial charge in [0.2, 0.25) is 10.0 Å². The molecule has 0 rings (SSSR count). The summed E-state index contributed by atoms with van der Waals surface area (Å²) in [6.45, 7) is 0.303. The smallest absolute Gasteiger partial charge is 0.320 e. The van der Waals surface area contributed by atoms with Gasteiger partial charge in [0.1, 0.15) is 0 Å². The average Bonchev–Trinajstić information content (AvgIpc) is 2.01. The van der Waals surface area contributed by atoms with Gasteiger partial charge in [-0.15, -0.1) is 0 Å². The van der Waals surface area contributed by atoms with Gasteiger partial charge in [0.25, 0.3) is 0 Å². The molecule has 6 nitrogen and oxygen atoms in total. The quantitative estimate of drug-likeness (QED) is 0.467. The highest BCUT2D eigenvalue weighted by molar-refractivity contribution is 7.90. The van der Waals surface area contributed by atoms with Gasteiger partial charge < -0.3 is 10.2 Å². The molecular formula is C7H15NO5S. The molecule has 7 heteroatoms. The van der Waals surface area contributed by atoms with Gasteiger partial charge in [-0.3, -0.25) is 4.79 Å². The summed E-state index contributed by atoms with van der Waals surface area (Å²) >= 11 is 0. The molecule has 0 aliphatic heterocycles. The molecule has 0 saturated carbocycles. The maximum atomic E-state index is 10.9. The summed E-state index contributed by atoms with van der Waals surface area (Å²) in [4.78, 5) is 10.1. The zero-order chi connectivity index (χ0) is 11.0. The molecule has 0 bridgehead atoms. The summed E-state index contributed by atoms with van der Waals surface area (Å²) in [5, 5.41) is 16.7. The highest BCUT2D eigenvalue weighted by Gasteiger charge is 2.13. The van der Waals surface area contributed by atoms with Crippen LogP contribution >= 0.6 is 0 Å². The molecule has 0 aliphatic carbocycles. The normalized spacial score (nSPS) is 11.5. The summed E-state index contributed by atoms with van der Waals surface area (Å²) in [7, 11) is -3.68. The van der Waals surface area contributed by atoms with E-state index in [1.54, 1.807) is 0 Å². The van der Waals surface area contributed by atoms with Gasteiger partial charge in [0.15, 0.2) is 5.75 Å². The number of aliphatic carboxylic acids is 1. The van der Waals surface area contributed by atoms with E-state index in [0.717, 1.165) is 0 Å². The number of aliphatic hydroxyl groups is 1. The Balaban J connectivity index is 3.61. The van der Waals surface area contributed by atoms with E-state index in [1.165, 1.54) is 0 Å². The molecule has 0 atom stereocenters. The maximum Gasteiger partial charge on any atom is 0.320 e. The van der Waals surface area contributed by atoms with Crippen LogP contribution in [0.2, 0.25) is 0 Å². The Kier molecular flexibility index (Phi) is 6.43. The van der Waals surface area contributed by atoms with Crippen LogP contribution in [0.5, 0.6) is 0 Å². The van der Waals surface area contributed by atoms with E-state index in [2.05, 4.69) is 4.72 Å². The topological polar surface area (TPSA) is 104 Å². The minimum absolute atomic E-state index is 0.0852. The highest BCUT2D eigenvalue weighted by atomic mass is 32.2. The minimum atomic E-state index is -3.68. The van der Waals surface area contributed by atoms with Gasteiger partial charge in [0, 0.05) is 13.2 Å². The van der Waals surface area contributed by atoms with Crippen molar-refractivity contribution in [3.63, 3.8) is 0 Å². The van der Waals surface area contributed by atoms with Crippen LogP contribution in [0.15, 0.2) is 0 Å². The number of hydrogen-bond acceptors (Lipinski definition) is 4. The molecule has 0 heterocycles. The number of sulfonamides is 1. The number of carboxylic acid groups (broad SMARTS) is 1. The van der Waals surface area contributed by atoms with Gasteiger partial charge in [-0.1, -0.05) is 0 Å². The van der Waals surface area contributed by atoms with Crippen molar-refractivity contribution in [2.24, 2.45) is 0 Å². The predicted octanol–water partition coefficient (Wildman–Crippen LogP) is -0.847. The van der Waals surface area contributed by atoms with E-state index in [1.807, 2.05) is 0 Å². The Morgan fingerprint density at radius 3 is 2.36 bits per heavy atom. The second-order valence-electron chi connectivity index (χ2n) is 2.83. The molecule has 0 aromatic rings. The number of unbranched alkanes of at least 4 members (excludes halogenated alkanes) is 2. The van der Waals surface area contributed by atoms with Crippen molar-refractivity contribution in [1.29, 1.82) is 0 Å². The van der Waals surface area contributed by atoms with Gasteiger partial charge in [-0.2, -0.15) is 0 Å². The van der Waals surface area contributed by atoms with E-state index >= 15 is 0 Å². The lowest BCUT2D eigenvalue weighted by molar-refractivity contribution is -0.134. The van der Waals surface area contributed by atoms with Crippen LogP contribution in [-0.4, -0.2) is 43.5 Å². The number of aliphatic hydroxyl groups excluding tert-OH is 1. The van der Waals surface area contributed by atoms with Crippen LogP contribution in [0.3, 0.4) is 0 Å². The van der Waals surface area contributed by atoms with Gasteiger partial charge in [0.05, 0.1) is 0 Å². The van der Waals surface area contributed by atoms with Crippen molar-refractivity contribution in [1.82, 2.24) is 4.72 Å². The van der Waals surface area contributed by atoms with E-state index in [-0.39, 0.29) is 13.2 Å². The highest BCUT2D eigenvalue weighted by Crippen LogP contribution is 1.93. The van der Waals surface area contributed by atoms with Crippen LogP contribution in [0.4, 0.5) is 0 Å². The van der Waals surface area contributed by atoms with Crippen LogP contribution in [-0.2, 0) is 14.8 Å². The lowest BCUT2D eigenvalue weighted by atomic mass is 10.2. The monoisotopic (exact) mass is 225 g/mol. The SMILES string of the molecule is O=C(O)CS(=O)(=O)NCCCCCO. The van der Waals surface area contributed by atoms with Gasteiger partial charge in [-0.05, 0) is 19.3 Å². The Bertz CT molecular complexity index is 261. The lowest BCUT2D eigenvalue weighted by Crippen LogP contribution is -2.30. The zero-order valence-corrected chi connectivity index (χ0v) is 8.59. The van der Waals surface area contributed by atoms with Gasteiger partial charge >= 0.3 is 5.97 Å². The summed E-state index contributed by atoms with van der Waals surface area (Å²) in [6, 6.07) is 0. The van der Waals surface area contributed by atoms with Crippen LogP contribution < -0.4 is 4.72 Å². The standard InChI is InChI=1S/C7H15NO5S/c9-5-3-1-2-4-8-14(12,13)6-7(10)11/h8-9H,1-6H2,(H,10,11). The number of hydrogen-bond donors (Lipinski definition) is 3. The number of nitrogens with one attached hydrogen (secondary N) is 1. The van der Waals surface area contributed by atoms with Crippen molar-refractivity contribution >= 4 is 16.0 Å². The molecule has 0 aromatic heterocycles. The number of carboxylic acids is 1. The molecule has 0 saturated heterocycles. The number of rotatable bonds is 8. The Morgan fingerprint density at radius 2 is 1.86 bits per heavy atom. The summed E-state index contributed by atoms with van der Waals surface area (Å²) in [5.74, 6) is -2.26. The Morgan fingerprint density at radius 1 is 1.21 bits per heavy atom. The molecule has 0 aliphatic rings. The largest absolute Gasteiger partial charge is 0.480 e. The Hall–Kier alpha value is -0.660.